The molecule has 0 N–H and O–H groups in total. The van der Waals surface area contributed by atoms with Crippen molar-refractivity contribution in [3.05, 3.63) is 46.6 Å². The van der Waals surface area contributed by atoms with E-state index in [9.17, 15) is 19.2 Å². The summed E-state index contributed by atoms with van der Waals surface area (Å²) in [5.74, 6) is 0.430. The summed E-state index contributed by atoms with van der Waals surface area (Å²) < 4.78 is 29.7. The molecule has 1 unspecified atom stereocenters. The number of hydrogen-bond acceptors (Lipinski definition) is 11. The van der Waals surface area contributed by atoms with Crippen LogP contribution in [0.5, 0.6) is 11.5 Å². The van der Waals surface area contributed by atoms with Crippen molar-refractivity contribution < 1.29 is 42.9 Å². The summed E-state index contributed by atoms with van der Waals surface area (Å²) in [5.41, 5.74) is 1.25. The molecule has 8 rings (SSSR count). The number of amides is 1. The molecule has 3 saturated carbocycles. The molecule has 5 fully saturated rings. The molecule has 1 amide bonds. The molecule has 2 aromatic rings. The number of fused-ring (bicyclic) bond motifs is 4. The van der Waals surface area contributed by atoms with E-state index in [0.29, 0.717) is 77.6 Å². The highest BCUT2D eigenvalue weighted by atomic mass is 35.5. The number of ether oxygens (including phenoxy) is 5. The molecule has 0 bridgehead atoms. The Bertz CT molecular complexity index is 2000. The summed E-state index contributed by atoms with van der Waals surface area (Å²) in [6, 6.07) is 4.74. The number of methoxy groups -OCH3 is 1. The molecule has 324 valence electrons. The van der Waals surface area contributed by atoms with Crippen LogP contribution < -0.4 is 9.47 Å². The minimum atomic E-state index is -0.958. The third kappa shape index (κ3) is 9.71. The van der Waals surface area contributed by atoms with Gasteiger partial charge in [0.25, 0.3) is 0 Å². The van der Waals surface area contributed by atoms with Crippen molar-refractivity contribution in [2.24, 2.45) is 29.1 Å². The molecule has 1 aromatic carbocycles. The molecular weight excluding hydrogens is 786 g/mol. The van der Waals surface area contributed by atoms with Gasteiger partial charge in [-0.1, -0.05) is 42.2 Å². The highest BCUT2D eigenvalue weighted by Gasteiger charge is 2.61. The van der Waals surface area contributed by atoms with Crippen LogP contribution in [0.4, 0.5) is 0 Å². The quantitative estimate of drug-likeness (QED) is 0.166. The molecule has 1 aromatic heterocycles. The number of aromatic nitrogens is 1. The molecule has 13 heteroatoms. The van der Waals surface area contributed by atoms with Crippen LogP contribution in [-0.4, -0.2) is 110 Å². The fraction of sp³-hybridized carbons (Fsp3) is 0.638. The Morgan fingerprint density at radius 3 is 2.58 bits per heavy atom. The van der Waals surface area contributed by atoms with Crippen LogP contribution in [0.2, 0.25) is 5.02 Å². The summed E-state index contributed by atoms with van der Waals surface area (Å²) in [7, 11) is 1.36. The number of pyridine rings is 1. The Morgan fingerprint density at radius 2 is 1.82 bits per heavy atom. The van der Waals surface area contributed by atoms with E-state index in [1.807, 2.05) is 38.1 Å². The largest absolute Gasteiger partial charge is 0.491 e. The van der Waals surface area contributed by atoms with E-state index in [-0.39, 0.29) is 55.5 Å². The fourth-order valence-corrected chi connectivity index (χ4v) is 10.3. The van der Waals surface area contributed by atoms with E-state index >= 15 is 0 Å². The highest BCUT2D eigenvalue weighted by molar-refractivity contribution is 6.36. The van der Waals surface area contributed by atoms with Crippen molar-refractivity contribution in [2.45, 2.75) is 109 Å². The summed E-state index contributed by atoms with van der Waals surface area (Å²) in [6.45, 7) is 8.45. The summed E-state index contributed by atoms with van der Waals surface area (Å²) >= 11 is 7.04. The van der Waals surface area contributed by atoms with E-state index in [0.717, 1.165) is 63.7 Å². The molecule has 4 heterocycles. The second kappa shape index (κ2) is 18.5. The zero-order chi connectivity index (χ0) is 42.0. The van der Waals surface area contributed by atoms with Gasteiger partial charge < -0.3 is 28.6 Å². The number of esters is 2. The Kier molecular flexibility index (Phi) is 13.2. The van der Waals surface area contributed by atoms with Gasteiger partial charge in [0.05, 0.1) is 56.0 Å². The van der Waals surface area contributed by atoms with Crippen LogP contribution in [0.3, 0.4) is 0 Å². The van der Waals surface area contributed by atoms with E-state index < -0.39 is 29.4 Å². The Morgan fingerprint density at radius 1 is 1.02 bits per heavy atom. The number of Topliss-reactive ketones (excluding diaryl/α,β-unsaturated/α-hetero) is 1. The van der Waals surface area contributed by atoms with Crippen LogP contribution in [-0.2, 0) is 33.4 Å². The number of nitrogens with zero attached hydrogens (tertiary/aromatic N) is 3. The van der Waals surface area contributed by atoms with Crippen LogP contribution in [0.25, 0.3) is 17.0 Å². The predicted molar refractivity (Wildman–Crippen MR) is 227 cm³/mol. The lowest BCUT2D eigenvalue weighted by molar-refractivity contribution is -0.155. The fourth-order valence-electron chi connectivity index (χ4n) is 10.1. The SMILES string of the molecule is COC(=O)[C@]12CC(=O)[C@@H]3C[C@@H](Oc4cc(C=C(C)C)nc5c(Cl)c(OCCN6CCOCC6)ccc45)CN3C(=O)[C@@H](CC(=O)OC3C[C@@H]4C[C@@H]4C3)CCCCC/C=C\[C@@H]1C2. The van der Waals surface area contributed by atoms with Crippen LogP contribution in [0, 0.1) is 29.1 Å². The average molecular weight is 846 g/mol. The molecule has 0 radical (unpaired) electrons. The van der Waals surface area contributed by atoms with Crippen molar-refractivity contribution in [3.63, 3.8) is 0 Å². The molecule has 2 saturated heterocycles. The van der Waals surface area contributed by atoms with Crippen LogP contribution in [0.15, 0.2) is 35.9 Å². The van der Waals surface area contributed by atoms with Gasteiger partial charge in [0.2, 0.25) is 5.91 Å². The Labute approximate surface area is 358 Å². The van der Waals surface area contributed by atoms with Gasteiger partial charge in [-0.3, -0.25) is 24.1 Å². The zero-order valence-electron chi connectivity index (χ0n) is 35.3. The van der Waals surface area contributed by atoms with E-state index in [1.165, 1.54) is 13.5 Å². The number of allylic oxidation sites excluding steroid dienone is 3. The van der Waals surface area contributed by atoms with Crippen molar-refractivity contribution in [1.82, 2.24) is 14.8 Å². The maximum absolute atomic E-state index is 14.8. The highest BCUT2D eigenvalue weighted by Crippen LogP contribution is 2.58. The maximum Gasteiger partial charge on any atom is 0.312 e. The first-order valence-electron chi connectivity index (χ1n) is 22.2. The van der Waals surface area contributed by atoms with E-state index in [4.69, 9.17) is 40.3 Å². The molecule has 60 heavy (non-hydrogen) atoms. The average Bonchev–Trinajstić information content (AvgIpc) is 4.02. The summed E-state index contributed by atoms with van der Waals surface area (Å²) in [6.07, 6.45) is 13.1. The van der Waals surface area contributed by atoms with Crippen LogP contribution >= 0.6 is 11.6 Å². The molecule has 3 aliphatic carbocycles. The summed E-state index contributed by atoms with van der Waals surface area (Å²) in [5, 5.41) is 1.05. The molecule has 6 aliphatic rings. The molecule has 8 atom stereocenters. The normalized spacial score (nSPS) is 31.2. The monoisotopic (exact) mass is 845 g/mol. The first-order chi connectivity index (χ1) is 29.0. The predicted octanol–water partition coefficient (Wildman–Crippen LogP) is 7.38. The van der Waals surface area contributed by atoms with Gasteiger partial charge in [0, 0.05) is 49.8 Å². The number of hydrogen-bond donors (Lipinski definition) is 0. The second-order valence-corrected chi connectivity index (χ2v) is 18.6. The standard InChI is InChI=1S/C47H60ClN3O9/c1-29(2)19-34-24-41(37-11-12-40(43(48)44(37)49-34)58-18-15-50-13-16-57-17-14-50)59-36-25-38-39(52)27-47(46(55)56-3)26-33(47)10-8-6-4-5-7-9-30(45(54)51(38)28-36)23-42(53)60-35-21-31-20-32(31)22-35/h8,10-12,19,24,30-33,35-36,38H,4-7,9,13-18,20-23,25-28H2,1-3H3/b10-8-/t30-,31-,32+,33-,35?,36-,38+,47-/m1/s1. The number of rotatable bonds is 11. The van der Waals surface area contributed by atoms with E-state index in [2.05, 4.69) is 17.1 Å². The Balaban J connectivity index is 1.06. The number of ketones is 1. The Hall–Kier alpha value is -4.00. The van der Waals surface area contributed by atoms with Crippen molar-refractivity contribution in [1.29, 1.82) is 0 Å². The molecular formula is C47H60ClN3O9. The van der Waals surface area contributed by atoms with Gasteiger partial charge in [0.1, 0.15) is 35.3 Å². The number of benzene rings is 1. The van der Waals surface area contributed by atoms with Gasteiger partial charge in [-0.15, -0.1) is 0 Å². The van der Waals surface area contributed by atoms with Gasteiger partial charge in [-0.25, -0.2) is 4.98 Å². The van der Waals surface area contributed by atoms with Crippen molar-refractivity contribution in [2.75, 3.05) is 53.1 Å². The second-order valence-electron chi connectivity index (χ2n) is 18.2. The molecule has 0 spiro atoms. The number of carbonyl (C=O) groups excluding carboxylic acids is 4. The third-order valence-corrected chi connectivity index (χ3v) is 13.9. The van der Waals surface area contributed by atoms with Crippen molar-refractivity contribution in [3.8, 4) is 11.5 Å². The van der Waals surface area contributed by atoms with Gasteiger partial charge in [-0.05, 0) is 94.8 Å². The molecule has 3 aliphatic heterocycles. The first kappa shape index (κ1) is 42.7. The lowest BCUT2D eigenvalue weighted by atomic mass is 9.91. The lowest BCUT2D eigenvalue weighted by Gasteiger charge is -2.29. The minimum Gasteiger partial charge on any atom is -0.491 e. The number of halogens is 1. The van der Waals surface area contributed by atoms with Gasteiger partial charge >= 0.3 is 11.9 Å². The molecule has 12 nitrogen and oxygen atoms in total. The maximum atomic E-state index is 14.8. The van der Waals surface area contributed by atoms with E-state index in [1.54, 1.807) is 4.90 Å². The van der Waals surface area contributed by atoms with Crippen LogP contribution in [0.1, 0.15) is 96.6 Å². The topological polar surface area (TPSA) is 134 Å². The number of morpholine rings is 1. The van der Waals surface area contributed by atoms with Gasteiger partial charge in [-0.2, -0.15) is 0 Å². The number of carbonyl (C=O) groups is 4. The smallest absolute Gasteiger partial charge is 0.312 e. The minimum absolute atomic E-state index is 0.0297. The van der Waals surface area contributed by atoms with Gasteiger partial charge in [0.15, 0.2) is 5.78 Å². The zero-order valence-corrected chi connectivity index (χ0v) is 36.1. The summed E-state index contributed by atoms with van der Waals surface area (Å²) in [4.78, 5) is 64.9. The first-order valence-corrected chi connectivity index (χ1v) is 22.5. The lowest BCUT2D eigenvalue weighted by Crippen LogP contribution is -2.45. The third-order valence-electron chi connectivity index (χ3n) is 13.6. The van der Waals surface area contributed by atoms with Crippen molar-refractivity contribution >= 4 is 52.2 Å².